The van der Waals surface area contributed by atoms with Crippen LogP contribution >= 0.6 is 0 Å². The van der Waals surface area contributed by atoms with Crippen LogP contribution in [-0.4, -0.2) is 58.4 Å². The Hall–Kier alpha value is -2.37. The zero-order chi connectivity index (χ0) is 17.5. The minimum atomic E-state index is -0.426. The SMILES string of the molecule is C[NH+](C)CCCNc1ccc([N+](=O)[O-])c(N2CCOCC2)c1C#N. The first-order valence-electron chi connectivity index (χ1n) is 8.11. The number of ether oxygens (including phenoxy) is 1. The molecule has 1 aliphatic heterocycles. The average Bonchev–Trinajstić information content (AvgIpc) is 2.58. The summed E-state index contributed by atoms with van der Waals surface area (Å²) >= 11 is 0. The quantitative estimate of drug-likeness (QED) is 0.422. The van der Waals surface area contributed by atoms with Crippen molar-refractivity contribution in [1.29, 1.82) is 5.26 Å². The average molecular weight is 334 g/mol. The van der Waals surface area contributed by atoms with Crippen LogP contribution in [0.3, 0.4) is 0 Å². The molecular formula is C16H24N5O3+. The number of benzene rings is 1. The first-order valence-corrected chi connectivity index (χ1v) is 8.11. The van der Waals surface area contributed by atoms with Gasteiger partial charge in [0.1, 0.15) is 17.3 Å². The molecule has 1 aromatic rings. The zero-order valence-electron chi connectivity index (χ0n) is 14.2. The number of anilines is 2. The normalized spacial score (nSPS) is 14.5. The summed E-state index contributed by atoms with van der Waals surface area (Å²) in [7, 11) is 4.17. The van der Waals surface area contributed by atoms with E-state index in [1.807, 2.05) is 4.90 Å². The lowest BCUT2D eigenvalue weighted by molar-refractivity contribution is -0.858. The molecule has 0 aliphatic carbocycles. The van der Waals surface area contributed by atoms with Crippen molar-refractivity contribution in [3.63, 3.8) is 0 Å². The summed E-state index contributed by atoms with van der Waals surface area (Å²) in [6, 6.07) is 5.26. The second-order valence-electron chi connectivity index (χ2n) is 6.06. The van der Waals surface area contributed by atoms with Crippen molar-refractivity contribution < 1.29 is 14.6 Å². The van der Waals surface area contributed by atoms with Crippen molar-refractivity contribution in [1.82, 2.24) is 0 Å². The molecule has 0 radical (unpaired) electrons. The zero-order valence-corrected chi connectivity index (χ0v) is 14.2. The van der Waals surface area contributed by atoms with E-state index in [1.165, 1.54) is 11.0 Å². The van der Waals surface area contributed by atoms with Crippen LogP contribution in [-0.2, 0) is 4.74 Å². The van der Waals surface area contributed by atoms with Gasteiger partial charge >= 0.3 is 0 Å². The summed E-state index contributed by atoms with van der Waals surface area (Å²) < 4.78 is 5.31. The lowest BCUT2D eigenvalue weighted by Crippen LogP contribution is -3.05. The van der Waals surface area contributed by atoms with Crippen molar-refractivity contribution in [3.8, 4) is 6.07 Å². The Morgan fingerprint density at radius 1 is 1.42 bits per heavy atom. The van der Waals surface area contributed by atoms with E-state index in [9.17, 15) is 15.4 Å². The summed E-state index contributed by atoms with van der Waals surface area (Å²) in [6.45, 7) is 3.83. The van der Waals surface area contributed by atoms with Gasteiger partial charge in [0, 0.05) is 32.1 Å². The van der Waals surface area contributed by atoms with Crippen molar-refractivity contribution >= 4 is 17.1 Å². The molecule has 0 unspecified atom stereocenters. The molecule has 0 saturated carbocycles. The number of hydrogen-bond donors (Lipinski definition) is 2. The van der Waals surface area contributed by atoms with Gasteiger partial charge in [-0.05, 0) is 6.07 Å². The number of nitrogens with zero attached hydrogens (tertiary/aromatic N) is 3. The predicted octanol–water partition coefficient (Wildman–Crippen LogP) is 0.250. The maximum absolute atomic E-state index is 11.4. The Kier molecular flexibility index (Phi) is 6.35. The maximum atomic E-state index is 11.4. The summed E-state index contributed by atoms with van der Waals surface area (Å²) in [5.41, 5.74) is 1.35. The number of nitro benzene ring substituents is 1. The monoisotopic (exact) mass is 334 g/mol. The van der Waals surface area contributed by atoms with Crippen LogP contribution in [0.15, 0.2) is 12.1 Å². The molecule has 8 nitrogen and oxygen atoms in total. The molecule has 130 valence electrons. The summed E-state index contributed by atoms with van der Waals surface area (Å²) in [6.07, 6.45) is 0.955. The highest BCUT2D eigenvalue weighted by Crippen LogP contribution is 2.36. The Bertz CT molecular complexity index is 621. The third-order valence-electron chi connectivity index (χ3n) is 3.96. The van der Waals surface area contributed by atoms with Crippen LogP contribution in [0.5, 0.6) is 0 Å². The molecule has 1 aromatic carbocycles. The van der Waals surface area contributed by atoms with E-state index in [1.54, 1.807) is 6.07 Å². The highest BCUT2D eigenvalue weighted by molar-refractivity contribution is 5.80. The van der Waals surface area contributed by atoms with E-state index in [-0.39, 0.29) is 5.69 Å². The highest BCUT2D eigenvalue weighted by atomic mass is 16.6. The topological polar surface area (TPSA) is 95.9 Å². The van der Waals surface area contributed by atoms with Gasteiger partial charge in [-0.2, -0.15) is 5.26 Å². The van der Waals surface area contributed by atoms with Gasteiger partial charge in [-0.1, -0.05) is 0 Å². The Morgan fingerprint density at radius 3 is 2.71 bits per heavy atom. The smallest absolute Gasteiger partial charge is 0.294 e. The Morgan fingerprint density at radius 2 is 2.12 bits per heavy atom. The van der Waals surface area contributed by atoms with Crippen LogP contribution in [0, 0.1) is 21.4 Å². The number of nitrogens with one attached hydrogen (secondary N) is 2. The minimum absolute atomic E-state index is 0.0308. The Balaban J connectivity index is 2.29. The van der Waals surface area contributed by atoms with Gasteiger partial charge in [-0.25, -0.2) is 0 Å². The number of hydrogen-bond acceptors (Lipinski definition) is 6. The lowest BCUT2D eigenvalue weighted by atomic mass is 10.1. The van der Waals surface area contributed by atoms with Gasteiger partial charge in [0.05, 0.1) is 44.5 Å². The van der Waals surface area contributed by atoms with Gasteiger partial charge in [-0.3, -0.25) is 10.1 Å². The maximum Gasteiger partial charge on any atom is 0.294 e. The molecule has 0 aromatic heterocycles. The van der Waals surface area contributed by atoms with Crippen LogP contribution in [0.1, 0.15) is 12.0 Å². The molecule has 24 heavy (non-hydrogen) atoms. The molecule has 2 N–H and O–H groups in total. The molecule has 8 heteroatoms. The molecular weight excluding hydrogens is 310 g/mol. The molecule has 1 fully saturated rings. The van der Waals surface area contributed by atoms with E-state index in [4.69, 9.17) is 4.74 Å². The second-order valence-corrected chi connectivity index (χ2v) is 6.06. The minimum Gasteiger partial charge on any atom is -0.384 e. The van der Waals surface area contributed by atoms with Crippen LogP contribution in [0.25, 0.3) is 0 Å². The first-order chi connectivity index (χ1) is 11.5. The van der Waals surface area contributed by atoms with E-state index < -0.39 is 4.92 Å². The largest absolute Gasteiger partial charge is 0.384 e. The molecule has 0 bridgehead atoms. The molecule has 0 spiro atoms. The number of nitro groups is 1. The van der Waals surface area contributed by atoms with Crippen molar-refractivity contribution in [2.75, 3.05) is 63.7 Å². The van der Waals surface area contributed by atoms with Gasteiger partial charge in [-0.15, -0.1) is 0 Å². The number of morpholine rings is 1. The first kappa shape index (κ1) is 18.0. The molecule has 1 heterocycles. The highest BCUT2D eigenvalue weighted by Gasteiger charge is 2.27. The fraction of sp³-hybridized carbons (Fsp3) is 0.562. The standard InChI is InChI=1S/C16H23N5O3/c1-19(2)7-3-6-18-14-4-5-15(21(22)23)16(13(14)12-17)20-8-10-24-11-9-20/h4-5,18H,3,6-11H2,1-2H3/p+1. The van der Waals surface area contributed by atoms with E-state index in [0.29, 0.717) is 43.2 Å². The van der Waals surface area contributed by atoms with Crippen LogP contribution in [0.2, 0.25) is 0 Å². The summed E-state index contributed by atoms with van der Waals surface area (Å²) in [5.74, 6) is 0. The number of rotatable bonds is 7. The van der Waals surface area contributed by atoms with E-state index >= 15 is 0 Å². The van der Waals surface area contributed by atoms with Crippen molar-refractivity contribution in [2.24, 2.45) is 0 Å². The van der Waals surface area contributed by atoms with Crippen LogP contribution in [0.4, 0.5) is 17.1 Å². The summed E-state index contributed by atoms with van der Waals surface area (Å²) in [4.78, 5) is 14.2. The second kappa shape index (κ2) is 8.47. The van der Waals surface area contributed by atoms with E-state index in [2.05, 4.69) is 25.5 Å². The lowest BCUT2D eigenvalue weighted by Gasteiger charge is -2.29. The number of nitriles is 1. The van der Waals surface area contributed by atoms with Gasteiger partial charge in [0.15, 0.2) is 0 Å². The van der Waals surface area contributed by atoms with Crippen molar-refractivity contribution in [2.45, 2.75) is 6.42 Å². The fourth-order valence-corrected chi connectivity index (χ4v) is 2.76. The molecule has 0 amide bonds. The van der Waals surface area contributed by atoms with Gasteiger partial charge in [0.2, 0.25) is 0 Å². The fourth-order valence-electron chi connectivity index (χ4n) is 2.76. The Labute approximate surface area is 141 Å². The molecule has 1 saturated heterocycles. The number of quaternary nitrogens is 1. The van der Waals surface area contributed by atoms with Crippen molar-refractivity contribution in [3.05, 3.63) is 27.8 Å². The van der Waals surface area contributed by atoms with E-state index in [0.717, 1.165) is 19.5 Å². The molecule has 1 aliphatic rings. The van der Waals surface area contributed by atoms with Gasteiger partial charge < -0.3 is 19.9 Å². The predicted molar refractivity (Wildman–Crippen MR) is 91.6 cm³/mol. The molecule has 2 rings (SSSR count). The third kappa shape index (κ3) is 4.34. The van der Waals surface area contributed by atoms with Gasteiger partial charge in [0.25, 0.3) is 5.69 Å². The molecule has 0 atom stereocenters. The van der Waals surface area contributed by atoms with Crippen LogP contribution < -0.4 is 15.1 Å². The third-order valence-corrected chi connectivity index (χ3v) is 3.96. The summed E-state index contributed by atoms with van der Waals surface area (Å²) in [5, 5.41) is 24.2.